The van der Waals surface area contributed by atoms with Gasteiger partial charge in [-0.1, -0.05) is 23.2 Å². The molecule has 1 saturated heterocycles. The Bertz CT molecular complexity index is 997. The number of amides is 1. The molecule has 0 atom stereocenters. The molecule has 0 aromatic heterocycles. The Hall–Kier alpha value is -2.16. The van der Waals surface area contributed by atoms with E-state index in [4.69, 9.17) is 32.7 Å². The maximum atomic E-state index is 12.2. The molecule has 0 saturated carbocycles. The number of anilines is 2. The van der Waals surface area contributed by atoms with Crippen LogP contribution in [0.2, 0.25) is 10.0 Å². The third-order valence-corrected chi connectivity index (χ3v) is 6.50. The van der Waals surface area contributed by atoms with Crippen molar-refractivity contribution in [3.8, 4) is 11.5 Å². The van der Waals surface area contributed by atoms with E-state index in [2.05, 4.69) is 5.32 Å². The van der Waals surface area contributed by atoms with Crippen molar-refractivity contribution in [1.82, 2.24) is 0 Å². The highest BCUT2D eigenvalue weighted by molar-refractivity contribution is 7.93. The van der Waals surface area contributed by atoms with Crippen molar-refractivity contribution in [3.05, 3.63) is 46.4 Å². The standard InChI is InChI=1S/C18H18Cl2N2O5S/c1-26-17-10-13(22-7-2-8-28(22,24)25)4-5-15(17)21-18(23)11-27-16-6-3-12(19)9-14(16)20/h3-6,9-10H,2,7-8,11H2,1H3,(H,21,23). The minimum atomic E-state index is -3.30. The third-order valence-electron chi connectivity index (χ3n) is 4.10. The molecule has 2 aromatic rings. The highest BCUT2D eigenvalue weighted by Gasteiger charge is 2.29. The Balaban J connectivity index is 1.68. The lowest BCUT2D eigenvalue weighted by Gasteiger charge is -2.19. The molecule has 28 heavy (non-hydrogen) atoms. The number of halogens is 2. The third kappa shape index (κ3) is 4.63. The molecule has 0 spiro atoms. The highest BCUT2D eigenvalue weighted by atomic mass is 35.5. The van der Waals surface area contributed by atoms with Gasteiger partial charge in [-0.25, -0.2) is 8.42 Å². The Morgan fingerprint density at radius 3 is 2.61 bits per heavy atom. The van der Waals surface area contributed by atoms with Crippen molar-refractivity contribution < 1.29 is 22.7 Å². The monoisotopic (exact) mass is 444 g/mol. The number of hydrogen-bond acceptors (Lipinski definition) is 5. The molecule has 1 heterocycles. The zero-order valence-electron chi connectivity index (χ0n) is 14.9. The summed E-state index contributed by atoms with van der Waals surface area (Å²) in [6.07, 6.45) is 0.577. The van der Waals surface area contributed by atoms with E-state index in [1.165, 1.54) is 17.5 Å². The van der Waals surface area contributed by atoms with Gasteiger partial charge in [-0.2, -0.15) is 0 Å². The van der Waals surface area contributed by atoms with Gasteiger partial charge in [0, 0.05) is 17.6 Å². The second kappa shape index (κ2) is 8.46. The van der Waals surface area contributed by atoms with Crippen LogP contribution in [-0.4, -0.2) is 40.3 Å². The number of carbonyl (C=O) groups excluding carboxylic acids is 1. The molecular weight excluding hydrogens is 427 g/mol. The van der Waals surface area contributed by atoms with Gasteiger partial charge in [0.15, 0.2) is 6.61 Å². The summed E-state index contributed by atoms with van der Waals surface area (Å²) in [4.78, 5) is 12.2. The van der Waals surface area contributed by atoms with Gasteiger partial charge in [-0.15, -0.1) is 0 Å². The summed E-state index contributed by atoms with van der Waals surface area (Å²) in [5.74, 6) is 0.379. The highest BCUT2D eigenvalue weighted by Crippen LogP contribution is 2.33. The number of ether oxygens (including phenoxy) is 2. The fraction of sp³-hybridized carbons (Fsp3) is 0.278. The van der Waals surface area contributed by atoms with Crippen LogP contribution in [0.4, 0.5) is 11.4 Å². The molecule has 1 fully saturated rings. The summed E-state index contributed by atoms with van der Waals surface area (Å²) in [6.45, 7) is 0.152. The topological polar surface area (TPSA) is 84.9 Å². The molecule has 7 nitrogen and oxygen atoms in total. The largest absolute Gasteiger partial charge is 0.494 e. The molecular formula is C18H18Cl2N2O5S. The van der Waals surface area contributed by atoms with E-state index in [9.17, 15) is 13.2 Å². The zero-order chi connectivity index (χ0) is 20.3. The lowest BCUT2D eigenvalue weighted by molar-refractivity contribution is -0.118. The first-order valence-electron chi connectivity index (χ1n) is 8.36. The molecule has 1 amide bonds. The number of methoxy groups -OCH3 is 1. The number of sulfonamides is 1. The Labute approximate surface area is 173 Å². The van der Waals surface area contributed by atoms with E-state index >= 15 is 0 Å². The summed E-state index contributed by atoms with van der Waals surface area (Å²) in [6, 6.07) is 9.49. The Kier molecular flexibility index (Phi) is 6.22. The van der Waals surface area contributed by atoms with Crippen molar-refractivity contribution in [3.63, 3.8) is 0 Å². The van der Waals surface area contributed by atoms with Crippen LogP contribution >= 0.6 is 23.2 Å². The first-order chi connectivity index (χ1) is 13.3. The van der Waals surface area contributed by atoms with Crippen LogP contribution in [-0.2, 0) is 14.8 Å². The van der Waals surface area contributed by atoms with Crippen molar-refractivity contribution in [2.24, 2.45) is 0 Å². The van der Waals surface area contributed by atoms with Crippen LogP contribution < -0.4 is 19.1 Å². The summed E-state index contributed by atoms with van der Waals surface area (Å²) in [7, 11) is -1.86. The molecule has 1 N–H and O–H groups in total. The lowest BCUT2D eigenvalue weighted by Crippen LogP contribution is -2.25. The zero-order valence-corrected chi connectivity index (χ0v) is 17.3. The van der Waals surface area contributed by atoms with Crippen LogP contribution in [0, 0.1) is 0 Å². The van der Waals surface area contributed by atoms with Crippen LogP contribution in [0.3, 0.4) is 0 Å². The summed E-state index contributed by atoms with van der Waals surface area (Å²) in [5.41, 5.74) is 0.898. The molecule has 2 aromatic carbocycles. The van der Waals surface area contributed by atoms with Crippen LogP contribution in [0.1, 0.15) is 6.42 Å². The van der Waals surface area contributed by atoms with Gasteiger partial charge in [0.05, 0.1) is 29.3 Å². The number of hydrogen-bond donors (Lipinski definition) is 1. The van der Waals surface area contributed by atoms with Crippen LogP contribution in [0.5, 0.6) is 11.5 Å². The fourth-order valence-electron chi connectivity index (χ4n) is 2.79. The molecule has 3 rings (SSSR count). The van der Waals surface area contributed by atoms with E-state index in [0.29, 0.717) is 45.9 Å². The molecule has 0 bridgehead atoms. The Morgan fingerprint density at radius 1 is 1.18 bits per heavy atom. The average Bonchev–Trinajstić information content (AvgIpc) is 3.00. The Morgan fingerprint density at radius 2 is 1.96 bits per heavy atom. The van der Waals surface area contributed by atoms with Gasteiger partial charge in [0.1, 0.15) is 11.5 Å². The summed E-state index contributed by atoms with van der Waals surface area (Å²) in [5, 5.41) is 3.44. The van der Waals surface area contributed by atoms with Crippen LogP contribution in [0.25, 0.3) is 0 Å². The number of nitrogens with zero attached hydrogens (tertiary/aromatic N) is 1. The maximum Gasteiger partial charge on any atom is 0.262 e. The van der Waals surface area contributed by atoms with Gasteiger partial charge >= 0.3 is 0 Å². The summed E-state index contributed by atoms with van der Waals surface area (Å²) < 4.78 is 36.2. The first-order valence-corrected chi connectivity index (χ1v) is 10.7. The number of rotatable bonds is 6. The molecule has 0 unspecified atom stereocenters. The van der Waals surface area contributed by atoms with Gasteiger partial charge in [0.2, 0.25) is 10.0 Å². The van der Waals surface area contributed by atoms with Gasteiger partial charge in [-0.05, 0) is 36.8 Å². The van der Waals surface area contributed by atoms with Crippen molar-refractivity contribution in [1.29, 1.82) is 0 Å². The lowest BCUT2D eigenvalue weighted by atomic mass is 10.2. The van der Waals surface area contributed by atoms with Crippen molar-refractivity contribution in [2.45, 2.75) is 6.42 Å². The molecule has 10 heteroatoms. The van der Waals surface area contributed by atoms with E-state index in [1.54, 1.807) is 30.3 Å². The van der Waals surface area contributed by atoms with E-state index in [-0.39, 0.29) is 12.4 Å². The van der Waals surface area contributed by atoms with E-state index < -0.39 is 15.9 Å². The smallest absolute Gasteiger partial charge is 0.262 e. The van der Waals surface area contributed by atoms with Crippen molar-refractivity contribution in [2.75, 3.05) is 35.6 Å². The quantitative estimate of drug-likeness (QED) is 0.735. The minimum absolute atomic E-state index is 0.123. The second-order valence-corrected chi connectivity index (χ2v) is 8.89. The fourth-order valence-corrected chi connectivity index (χ4v) is 4.81. The van der Waals surface area contributed by atoms with Crippen molar-refractivity contribution >= 4 is 50.5 Å². The molecule has 1 aliphatic rings. The van der Waals surface area contributed by atoms with Gasteiger partial charge in [-0.3, -0.25) is 9.10 Å². The normalized spacial score (nSPS) is 15.3. The maximum absolute atomic E-state index is 12.2. The predicted octanol–water partition coefficient (Wildman–Crippen LogP) is 3.56. The molecule has 0 aliphatic carbocycles. The van der Waals surface area contributed by atoms with Crippen LogP contribution in [0.15, 0.2) is 36.4 Å². The van der Waals surface area contributed by atoms with E-state index in [0.717, 1.165) is 0 Å². The number of nitrogens with one attached hydrogen (secondary N) is 1. The first kappa shape index (κ1) is 20.6. The van der Waals surface area contributed by atoms with Gasteiger partial charge < -0.3 is 14.8 Å². The van der Waals surface area contributed by atoms with E-state index in [1.807, 2.05) is 0 Å². The molecule has 1 aliphatic heterocycles. The summed E-state index contributed by atoms with van der Waals surface area (Å²) >= 11 is 11.8. The molecule has 150 valence electrons. The minimum Gasteiger partial charge on any atom is -0.494 e. The SMILES string of the molecule is COc1cc(N2CCCS2(=O)=O)ccc1NC(=O)COc1ccc(Cl)cc1Cl. The number of benzene rings is 2. The van der Waals surface area contributed by atoms with Gasteiger partial charge in [0.25, 0.3) is 5.91 Å². The molecule has 0 radical (unpaired) electrons. The number of carbonyl (C=O) groups is 1. The average molecular weight is 445 g/mol. The second-order valence-electron chi connectivity index (χ2n) is 6.04. The predicted molar refractivity (Wildman–Crippen MR) is 109 cm³/mol.